The Balaban J connectivity index is 2.09. The van der Waals surface area contributed by atoms with Gasteiger partial charge < -0.3 is 0 Å². The first-order valence-corrected chi connectivity index (χ1v) is 7.77. The zero-order valence-electron chi connectivity index (χ0n) is 10.9. The van der Waals surface area contributed by atoms with Crippen LogP contribution in [-0.2, 0) is 0 Å². The summed E-state index contributed by atoms with van der Waals surface area (Å²) in [7, 11) is 0. The molecule has 2 aromatic heterocycles. The maximum Gasteiger partial charge on any atom is 0.154 e. The number of halogens is 1. The molecule has 0 atom stereocenters. The minimum Gasteiger partial charge on any atom is -0.232 e. The molecule has 0 aliphatic heterocycles. The highest BCUT2D eigenvalue weighted by Crippen LogP contribution is 2.34. The van der Waals surface area contributed by atoms with Gasteiger partial charge in [-0.3, -0.25) is 0 Å². The Morgan fingerprint density at radius 3 is 2.67 bits per heavy atom. The Bertz CT molecular complexity index is 582. The van der Waals surface area contributed by atoms with Crippen molar-refractivity contribution in [1.29, 1.82) is 0 Å². The molecule has 3 nitrogen and oxygen atoms in total. The molecule has 0 amide bonds. The number of rotatable bonds is 1. The fourth-order valence-corrected chi connectivity index (χ4v) is 3.70. The first-order chi connectivity index (χ1) is 8.66. The minimum absolute atomic E-state index is 0.695. The topological polar surface area (TPSA) is 30.2 Å². The number of hydrogen-bond acceptors (Lipinski definition) is 2. The van der Waals surface area contributed by atoms with Crippen molar-refractivity contribution in [2.24, 2.45) is 0 Å². The molecule has 0 radical (unpaired) electrons. The third-order valence-corrected chi connectivity index (χ3v) is 4.93. The van der Waals surface area contributed by atoms with Crippen LogP contribution in [0.1, 0.15) is 55.0 Å². The summed E-state index contributed by atoms with van der Waals surface area (Å²) < 4.78 is 3.12. The van der Waals surface area contributed by atoms with E-state index < -0.39 is 0 Å². The highest BCUT2D eigenvalue weighted by Gasteiger charge is 2.20. The molecule has 1 saturated carbocycles. The van der Waals surface area contributed by atoms with Gasteiger partial charge in [-0.2, -0.15) is 5.10 Å². The summed E-state index contributed by atoms with van der Waals surface area (Å²) in [5.41, 5.74) is 4.65. The van der Waals surface area contributed by atoms with Gasteiger partial charge in [0.2, 0.25) is 0 Å². The molecule has 0 unspecified atom stereocenters. The number of aryl methyl sites for hydroxylation is 2. The van der Waals surface area contributed by atoms with Gasteiger partial charge in [0.1, 0.15) is 3.70 Å². The predicted octanol–water partition coefficient (Wildman–Crippen LogP) is 4.00. The molecule has 3 rings (SSSR count). The van der Waals surface area contributed by atoms with Crippen LogP contribution in [0.2, 0.25) is 0 Å². The second-order valence-corrected chi connectivity index (χ2v) is 6.30. The normalized spacial score (nSPS) is 17.5. The van der Waals surface area contributed by atoms with Crippen LogP contribution in [0.25, 0.3) is 5.65 Å². The van der Waals surface area contributed by atoms with Gasteiger partial charge in [-0.05, 0) is 66.8 Å². The summed E-state index contributed by atoms with van der Waals surface area (Å²) in [6.07, 6.45) is 6.74. The van der Waals surface area contributed by atoms with Crippen molar-refractivity contribution in [3.8, 4) is 0 Å². The van der Waals surface area contributed by atoms with E-state index in [-0.39, 0.29) is 0 Å². The summed E-state index contributed by atoms with van der Waals surface area (Å²) in [5, 5.41) is 4.71. The van der Waals surface area contributed by atoms with Crippen LogP contribution in [0.3, 0.4) is 0 Å². The second kappa shape index (κ2) is 4.79. The van der Waals surface area contributed by atoms with E-state index in [1.54, 1.807) is 0 Å². The quantitative estimate of drug-likeness (QED) is 0.724. The molecule has 18 heavy (non-hydrogen) atoms. The van der Waals surface area contributed by atoms with Crippen LogP contribution in [0.5, 0.6) is 0 Å². The number of nitrogens with zero attached hydrogens (tertiary/aromatic N) is 3. The first kappa shape index (κ1) is 12.4. The molecular formula is C14H18IN3. The maximum atomic E-state index is 4.71. The maximum absolute atomic E-state index is 4.71. The number of imidazole rings is 1. The van der Waals surface area contributed by atoms with Gasteiger partial charge >= 0.3 is 0 Å². The minimum atomic E-state index is 0.695. The van der Waals surface area contributed by atoms with E-state index in [2.05, 4.69) is 47.5 Å². The van der Waals surface area contributed by atoms with Crippen molar-refractivity contribution >= 4 is 28.2 Å². The molecule has 0 bridgehead atoms. The Morgan fingerprint density at radius 1 is 1.22 bits per heavy atom. The number of fused-ring (bicyclic) bond motifs is 1. The smallest absolute Gasteiger partial charge is 0.154 e. The Kier molecular flexibility index (Phi) is 3.30. The van der Waals surface area contributed by atoms with Crippen molar-refractivity contribution in [3.63, 3.8) is 0 Å². The van der Waals surface area contributed by atoms with Crippen LogP contribution in [0.15, 0.2) is 6.07 Å². The molecule has 1 aliphatic carbocycles. The van der Waals surface area contributed by atoms with E-state index in [0.29, 0.717) is 5.92 Å². The van der Waals surface area contributed by atoms with Crippen LogP contribution in [0, 0.1) is 17.5 Å². The predicted molar refractivity (Wildman–Crippen MR) is 81.0 cm³/mol. The molecule has 96 valence electrons. The zero-order valence-corrected chi connectivity index (χ0v) is 13.1. The third-order valence-electron chi connectivity index (χ3n) is 4.10. The fourth-order valence-electron chi connectivity index (χ4n) is 2.89. The van der Waals surface area contributed by atoms with Gasteiger partial charge in [-0.25, -0.2) is 9.50 Å². The van der Waals surface area contributed by atoms with Crippen molar-refractivity contribution in [2.75, 3.05) is 0 Å². The van der Waals surface area contributed by atoms with Crippen molar-refractivity contribution in [1.82, 2.24) is 14.6 Å². The molecule has 4 heteroatoms. The van der Waals surface area contributed by atoms with E-state index in [0.717, 1.165) is 20.7 Å². The van der Waals surface area contributed by atoms with Gasteiger partial charge in [-0.1, -0.05) is 19.3 Å². The third kappa shape index (κ3) is 2.04. The molecular weight excluding hydrogens is 337 g/mol. The van der Waals surface area contributed by atoms with E-state index in [1.165, 1.54) is 37.7 Å². The highest BCUT2D eigenvalue weighted by atomic mass is 127. The average Bonchev–Trinajstić information content (AvgIpc) is 2.66. The molecule has 0 aromatic carbocycles. The van der Waals surface area contributed by atoms with Gasteiger partial charge in [0, 0.05) is 0 Å². The molecule has 1 aliphatic rings. The summed E-state index contributed by atoms with van der Waals surface area (Å²) in [5.74, 6) is 0.695. The summed E-state index contributed by atoms with van der Waals surface area (Å²) >= 11 is 2.38. The van der Waals surface area contributed by atoms with Gasteiger partial charge in [0.25, 0.3) is 0 Å². The molecule has 2 heterocycles. The van der Waals surface area contributed by atoms with Gasteiger partial charge in [0.15, 0.2) is 5.65 Å². The van der Waals surface area contributed by atoms with Gasteiger partial charge in [-0.15, -0.1) is 0 Å². The number of hydrogen-bond donors (Lipinski definition) is 0. The SMILES string of the molecule is Cc1nc2cc(C3CCCCC3)c(I)nn2c1C. The van der Waals surface area contributed by atoms with Crippen LogP contribution >= 0.6 is 22.6 Å². The van der Waals surface area contributed by atoms with E-state index in [9.17, 15) is 0 Å². The molecule has 0 spiro atoms. The van der Waals surface area contributed by atoms with E-state index >= 15 is 0 Å². The molecule has 0 N–H and O–H groups in total. The lowest BCUT2D eigenvalue weighted by molar-refractivity contribution is 0.440. The average molecular weight is 355 g/mol. The highest BCUT2D eigenvalue weighted by molar-refractivity contribution is 14.1. The van der Waals surface area contributed by atoms with Crippen LogP contribution < -0.4 is 0 Å². The Morgan fingerprint density at radius 2 is 1.94 bits per heavy atom. The van der Waals surface area contributed by atoms with Gasteiger partial charge in [0.05, 0.1) is 11.4 Å². The molecule has 2 aromatic rings. The number of aromatic nitrogens is 3. The standard InChI is InChI=1S/C14H18IN3/c1-9-10(2)18-13(16-9)8-12(14(15)17-18)11-6-4-3-5-7-11/h8,11H,3-7H2,1-2H3. The second-order valence-electron chi connectivity index (χ2n) is 5.28. The molecule has 0 saturated heterocycles. The first-order valence-electron chi connectivity index (χ1n) is 6.69. The van der Waals surface area contributed by atoms with Crippen LogP contribution in [-0.4, -0.2) is 14.6 Å². The van der Waals surface area contributed by atoms with Crippen molar-refractivity contribution < 1.29 is 0 Å². The Hall–Kier alpha value is -0.650. The van der Waals surface area contributed by atoms with E-state index in [1.807, 2.05) is 4.52 Å². The fraction of sp³-hybridized carbons (Fsp3) is 0.571. The Labute approximate surface area is 121 Å². The lowest BCUT2D eigenvalue weighted by atomic mass is 9.85. The largest absolute Gasteiger partial charge is 0.232 e. The summed E-state index contributed by atoms with van der Waals surface area (Å²) in [6, 6.07) is 2.25. The summed E-state index contributed by atoms with van der Waals surface area (Å²) in [6.45, 7) is 4.13. The monoisotopic (exact) mass is 355 g/mol. The zero-order chi connectivity index (χ0) is 12.7. The van der Waals surface area contributed by atoms with E-state index in [4.69, 9.17) is 5.10 Å². The lowest BCUT2D eigenvalue weighted by Crippen LogP contribution is -2.09. The summed E-state index contributed by atoms with van der Waals surface area (Å²) in [4.78, 5) is 4.61. The van der Waals surface area contributed by atoms with Crippen molar-refractivity contribution in [3.05, 3.63) is 26.7 Å². The van der Waals surface area contributed by atoms with Crippen molar-refractivity contribution in [2.45, 2.75) is 51.9 Å². The van der Waals surface area contributed by atoms with Crippen LogP contribution in [0.4, 0.5) is 0 Å². The lowest BCUT2D eigenvalue weighted by Gasteiger charge is -2.22. The molecule has 1 fully saturated rings.